The Hall–Kier alpha value is -1.69. The molecule has 1 heterocycles. The van der Waals surface area contributed by atoms with Crippen molar-refractivity contribution in [2.24, 2.45) is 0 Å². The SMILES string of the molecule is CNc1nc(C)cc(Nc2cc(F)c(Br)cc2C)n1. The molecule has 0 unspecified atom stereocenters. The highest BCUT2D eigenvalue weighted by Gasteiger charge is 2.07. The lowest BCUT2D eigenvalue weighted by molar-refractivity contribution is 0.621. The van der Waals surface area contributed by atoms with Crippen LogP contribution in [-0.2, 0) is 0 Å². The normalized spacial score (nSPS) is 10.4. The molecule has 6 heteroatoms. The molecule has 19 heavy (non-hydrogen) atoms. The highest BCUT2D eigenvalue weighted by molar-refractivity contribution is 9.10. The molecule has 0 aliphatic heterocycles. The number of aromatic nitrogens is 2. The molecule has 2 rings (SSSR count). The van der Waals surface area contributed by atoms with Crippen LogP contribution < -0.4 is 10.6 Å². The third kappa shape index (κ3) is 3.20. The Morgan fingerprint density at radius 1 is 1.16 bits per heavy atom. The van der Waals surface area contributed by atoms with E-state index in [4.69, 9.17) is 0 Å². The molecule has 0 spiro atoms. The molecule has 0 saturated carbocycles. The average Bonchev–Trinajstić information content (AvgIpc) is 2.35. The van der Waals surface area contributed by atoms with Gasteiger partial charge in [0, 0.05) is 24.5 Å². The van der Waals surface area contributed by atoms with Crippen LogP contribution in [0.25, 0.3) is 0 Å². The molecule has 1 aromatic carbocycles. The van der Waals surface area contributed by atoms with E-state index in [2.05, 4.69) is 36.5 Å². The van der Waals surface area contributed by atoms with E-state index in [0.717, 1.165) is 11.3 Å². The molecule has 2 N–H and O–H groups in total. The van der Waals surface area contributed by atoms with Gasteiger partial charge < -0.3 is 10.6 Å². The highest BCUT2D eigenvalue weighted by atomic mass is 79.9. The maximum Gasteiger partial charge on any atom is 0.224 e. The minimum atomic E-state index is -0.312. The van der Waals surface area contributed by atoms with E-state index in [0.29, 0.717) is 21.9 Å². The highest BCUT2D eigenvalue weighted by Crippen LogP contribution is 2.26. The van der Waals surface area contributed by atoms with Gasteiger partial charge in [-0.15, -0.1) is 0 Å². The third-order valence-corrected chi connectivity index (χ3v) is 3.22. The van der Waals surface area contributed by atoms with Gasteiger partial charge in [0.1, 0.15) is 11.6 Å². The maximum atomic E-state index is 13.6. The summed E-state index contributed by atoms with van der Waals surface area (Å²) in [5.74, 6) is 0.840. The van der Waals surface area contributed by atoms with Crippen LogP contribution in [0, 0.1) is 19.7 Å². The van der Waals surface area contributed by atoms with Gasteiger partial charge in [-0.3, -0.25) is 0 Å². The molecular weight excluding hydrogens is 311 g/mol. The second-order valence-corrected chi connectivity index (χ2v) is 5.03. The minimum Gasteiger partial charge on any atom is -0.357 e. The summed E-state index contributed by atoms with van der Waals surface area (Å²) in [4.78, 5) is 8.48. The number of nitrogens with one attached hydrogen (secondary N) is 2. The van der Waals surface area contributed by atoms with Crippen LogP contribution in [0.4, 0.5) is 21.8 Å². The minimum absolute atomic E-state index is 0.312. The van der Waals surface area contributed by atoms with Crippen molar-refractivity contribution in [2.75, 3.05) is 17.7 Å². The van der Waals surface area contributed by atoms with Gasteiger partial charge >= 0.3 is 0 Å². The lowest BCUT2D eigenvalue weighted by atomic mass is 10.2. The summed E-state index contributed by atoms with van der Waals surface area (Å²) in [5.41, 5.74) is 2.44. The zero-order valence-corrected chi connectivity index (χ0v) is 12.5. The molecule has 0 atom stereocenters. The Bertz CT molecular complexity index is 616. The maximum absolute atomic E-state index is 13.6. The van der Waals surface area contributed by atoms with Crippen LogP contribution in [0.5, 0.6) is 0 Å². The molecule has 100 valence electrons. The van der Waals surface area contributed by atoms with Gasteiger partial charge in [-0.05, 0) is 47.5 Å². The van der Waals surface area contributed by atoms with Gasteiger partial charge in [0.05, 0.1) is 4.47 Å². The first-order valence-electron chi connectivity index (χ1n) is 5.75. The number of anilines is 3. The first kappa shape index (κ1) is 13.7. The van der Waals surface area contributed by atoms with Crippen molar-refractivity contribution in [3.8, 4) is 0 Å². The van der Waals surface area contributed by atoms with Gasteiger partial charge in [0.15, 0.2) is 0 Å². The monoisotopic (exact) mass is 324 g/mol. The molecule has 0 aliphatic rings. The molecule has 0 fully saturated rings. The van der Waals surface area contributed by atoms with E-state index < -0.39 is 0 Å². The van der Waals surface area contributed by atoms with Gasteiger partial charge in [0.2, 0.25) is 5.95 Å². The van der Waals surface area contributed by atoms with Crippen molar-refractivity contribution in [3.63, 3.8) is 0 Å². The summed E-state index contributed by atoms with van der Waals surface area (Å²) in [7, 11) is 1.75. The van der Waals surface area contributed by atoms with Crippen LogP contribution in [-0.4, -0.2) is 17.0 Å². The summed E-state index contributed by atoms with van der Waals surface area (Å²) in [6.45, 7) is 3.78. The Labute approximate surface area is 119 Å². The molecule has 2 aromatic rings. The number of nitrogens with zero attached hydrogens (tertiary/aromatic N) is 2. The first-order valence-corrected chi connectivity index (χ1v) is 6.55. The zero-order valence-electron chi connectivity index (χ0n) is 10.9. The molecule has 0 aliphatic carbocycles. The Morgan fingerprint density at radius 2 is 1.89 bits per heavy atom. The summed E-state index contributed by atoms with van der Waals surface area (Å²) in [6, 6.07) is 4.97. The van der Waals surface area contributed by atoms with Crippen molar-refractivity contribution in [3.05, 3.63) is 39.7 Å². The molecule has 4 nitrogen and oxygen atoms in total. The Kier molecular flexibility index (Phi) is 3.99. The lowest BCUT2D eigenvalue weighted by Gasteiger charge is -2.11. The van der Waals surface area contributed by atoms with Crippen LogP contribution in [0.2, 0.25) is 0 Å². The molecule has 0 radical (unpaired) electrons. The quantitative estimate of drug-likeness (QED) is 0.902. The van der Waals surface area contributed by atoms with E-state index in [1.165, 1.54) is 6.07 Å². The van der Waals surface area contributed by atoms with E-state index in [-0.39, 0.29) is 5.82 Å². The fourth-order valence-corrected chi connectivity index (χ4v) is 2.12. The third-order valence-electron chi connectivity index (χ3n) is 2.61. The van der Waals surface area contributed by atoms with Crippen molar-refractivity contribution in [1.29, 1.82) is 0 Å². The number of rotatable bonds is 3. The van der Waals surface area contributed by atoms with Crippen molar-refractivity contribution in [1.82, 2.24) is 9.97 Å². The summed E-state index contributed by atoms with van der Waals surface area (Å²) >= 11 is 3.16. The summed E-state index contributed by atoms with van der Waals surface area (Å²) < 4.78 is 14.0. The van der Waals surface area contributed by atoms with Crippen LogP contribution in [0.15, 0.2) is 22.7 Å². The van der Waals surface area contributed by atoms with Crippen molar-refractivity contribution < 1.29 is 4.39 Å². The first-order chi connectivity index (χ1) is 8.99. The topological polar surface area (TPSA) is 49.8 Å². The molecule has 0 saturated heterocycles. The summed E-state index contributed by atoms with van der Waals surface area (Å²) in [6.07, 6.45) is 0. The van der Waals surface area contributed by atoms with Crippen molar-refractivity contribution in [2.45, 2.75) is 13.8 Å². The van der Waals surface area contributed by atoms with E-state index in [9.17, 15) is 4.39 Å². The van der Waals surface area contributed by atoms with E-state index in [1.807, 2.05) is 13.8 Å². The van der Waals surface area contributed by atoms with Crippen LogP contribution in [0.1, 0.15) is 11.3 Å². The lowest BCUT2D eigenvalue weighted by Crippen LogP contribution is -2.03. The molecule has 0 amide bonds. The van der Waals surface area contributed by atoms with Gasteiger partial charge in [-0.1, -0.05) is 0 Å². The zero-order chi connectivity index (χ0) is 14.0. The smallest absolute Gasteiger partial charge is 0.224 e. The van der Waals surface area contributed by atoms with Gasteiger partial charge in [-0.25, -0.2) is 9.37 Å². The number of aryl methyl sites for hydroxylation is 2. The fourth-order valence-electron chi connectivity index (χ4n) is 1.66. The van der Waals surface area contributed by atoms with Crippen LogP contribution in [0.3, 0.4) is 0 Å². The summed E-state index contributed by atoms with van der Waals surface area (Å²) in [5, 5.41) is 5.99. The Morgan fingerprint density at radius 3 is 2.58 bits per heavy atom. The second kappa shape index (κ2) is 5.52. The molecular formula is C13H14BrFN4. The number of benzene rings is 1. The fraction of sp³-hybridized carbons (Fsp3) is 0.231. The van der Waals surface area contributed by atoms with Crippen molar-refractivity contribution >= 4 is 33.4 Å². The molecule has 0 bridgehead atoms. The van der Waals surface area contributed by atoms with Gasteiger partial charge in [0.25, 0.3) is 0 Å². The predicted octanol–water partition coefficient (Wildman–Crippen LogP) is 3.78. The largest absolute Gasteiger partial charge is 0.357 e. The number of halogens is 2. The Balaban J connectivity index is 2.36. The van der Waals surface area contributed by atoms with Gasteiger partial charge in [-0.2, -0.15) is 4.98 Å². The average molecular weight is 325 g/mol. The van der Waals surface area contributed by atoms with E-state index >= 15 is 0 Å². The van der Waals surface area contributed by atoms with Crippen LogP contribution >= 0.6 is 15.9 Å². The number of hydrogen-bond donors (Lipinski definition) is 2. The second-order valence-electron chi connectivity index (χ2n) is 4.17. The molecule has 1 aromatic heterocycles. The van der Waals surface area contributed by atoms with E-state index in [1.54, 1.807) is 19.2 Å². The standard InChI is InChI=1S/C13H14BrFN4/c1-7-4-9(14)10(15)6-11(7)18-12-5-8(2)17-13(16-3)19-12/h4-6H,1-3H3,(H2,16,17,18,19). The predicted molar refractivity (Wildman–Crippen MR) is 78.4 cm³/mol. The number of hydrogen-bond acceptors (Lipinski definition) is 4.